The Morgan fingerprint density at radius 3 is 2.37 bits per heavy atom. The van der Waals surface area contributed by atoms with Gasteiger partial charge in [0, 0.05) is 18.2 Å². The Labute approximate surface area is 163 Å². The Balaban J connectivity index is 2.41. The van der Waals surface area contributed by atoms with E-state index in [0.29, 0.717) is 27.8 Å². The Hall–Kier alpha value is -2.29. The average molecular weight is 413 g/mol. The minimum absolute atomic E-state index is 0.0137. The zero-order valence-electron chi connectivity index (χ0n) is 15.4. The van der Waals surface area contributed by atoms with Crippen LogP contribution in [0.2, 0.25) is 5.02 Å². The lowest BCUT2D eigenvalue weighted by atomic mass is 10.1. The van der Waals surface area contributed by atoms with E-state index in [1.807, 2.05) is 0 Å². The van der Waals surface area contributed by atoms with Crippen molar-refractivity contribution in [3.05, 3.63) is 46.5 Å². The molecule has 2 aromatic rings. The molecule has 146 valence electrons. The number of hydrogen-bond acceptors (Lipinski definition) is 5. The van der Waals surface area contributed by atoms with E-state index in [0.717, 1.165) is 0 Å². The topological polar surface area (TPSA) is 93.7 Å². The minimum atomic E-state index is -3.68. The Morgan fingerprint density at radius 2 is 1.78 bits per heavy atom. The molecule has 0 aliphatic carbocycles. The number of methoxy groups -OCH3 is 2. The quantitative estimate of drug-likeness (QED) is 0.728. The van der Waals surface area contributed by atoms with Gasteiger partial charge in [-0.05, 0) is 30.7 Å². The summed E-state index contributed by atoms with van der Waals surface area (Å²) in [5.41, 5.74) is 1.19. The second-order valence-corrected chi connectivity index (χ2v) is 7.79. The monoisotopic (exact) mass is 412 g/mol. The summed E-state index contributed by atoms with van der Waals surface area (Å²) in [6.45, 7) is 3.65. The van der Waals surface area contributed by atoms with Gasteiger partial charge in [-0.1, -0.05) is 24.6 Å². The first-order valence-electron chi connectivity index (χ1n) is 8.06. The van der Waals surface area contributed by atoms with Gasteiger partial charge in [0.05, 0.1) is 29.8 Å². The number of rotatable bonds is 7. The first-order valence-corrected chi connectivity index (χ1v) is 9.92. The maximum absolute atomic E-state index is 12.7. The van der Waals surface area contributed by atoms with Gasteiger partial charge in [-0.2, -0.15) is 0 Å². The maximum atomic E-state index is 12.7. The van der Waals surface area contributed by atoms with E-state index in [4.69, 9.17) is 21.1 Å². The van der Waals surface area contributed by atoms with E-state index in [9.17, 15) is 13.2 Å². The van der Waals surface area contributed by atoms with E-state index in [2.05, 4.69) is 10.0 Å². The SMILES string of the molecule is CCNS(=O)(=O)c1ccc(C)c(C(=O)Nc2cc(Cl)c(OC)cc2OC)c1. The number of aryl methyl sites for hydroxylation is 1. The summed E-state index contributed by atoms with van der Waals surface area (Å²) in [7, 11) is -0.755. The van der Waals surface area contributed by atoms with Crippen molar-refractivity contribution in [1.82, 2.24) is 4.72 Å². The lowest BCUT2D eigenvalue weighted by Crippen LogP contribution is -2.24. The highest BCUT2D eigenvalue weighted by atomic mass is 35.5. The molecule has 0 unspecified atom stereocenters. The van der Waals surface area contributed by atoms with Crippen LogP contribution >= 0.6 is 11.6 Å². The van der Waals surface area contributed by atoms with E-state index in [1.165, 1.54) is 32.4 Å². The molecule has 0 saturated carbocycles. The first kappa shape index (κ1) is 21.0. The second kappa shape index (κ2) is 8.60. The molecule has 0 spiro atoms. The third kappa shape index (κ3) is 4.71. The molecule has 0 saturated heterocycles. The average Bonchev–Trinajstić information content (AvgIpc) is 2.62. The number of ether oxygens (including phenoxy) is 2. The van der Waals surface area contributed by atoms with Crippen LogP contribution < -0.4 is 19.5 Å². The standard InChI is InChI=1S/C18H21ClN2O5S/c1-5-20-27(23,24)12-7-6-11(2)13(8-12)18(22)21-15-9-14(19)16(25-3)10-17(15)26-4/h6-10,20H,5H2,1-4H3,(H,21,22). The molecule has 0 aliphatic heterocycles. The number of benzene rings is 2. The predicted molar refractivity (Wildman–Crippen MR) is 105 cm³/mol. The van der Waals surface area contributed by atoms with Crippen LogP contribution in [-0.4, -0.2) is 35.1 Å². The summed E-state index contributed by atoms with van der Waals surface area (Å²) in [5.74, 6) is 0.278. The van der Waals surface area contributed by atoms with Crippen LogP contribution in [0.1, 0.15) is 22.8 Å². The van der Waals surface area contributed by atoms with Gasteiger partial charge in [0.25, 0.3) is 5.91 Å². The zero-order chi connectivity index (χ0) is 20.2. The molecule has 2 rings (SSSR count). The maximum Gasteiger partial charge on any atom is 0.256 e. The molecule has 0 radical (unpaired) electrons. The highest BCUT2D eigenvalue weighted by Gasteiger charge is 2.19. The molecule has 1 amide bonds. The van der Waals surface area contributed by atoms with E-state index >= 15 is 0 Å². The van der Waals surface area contributed by atoms with Crippen LogP contribution in [0.25, 0.3) is 0 Å². The molecule has 7 nitrogen and oxygen atoms in total. The fourth-order valence-corrected chi connectivity index (χ4v) is 3.74. The number of carbonyl (C=O) groups excluding carboxylic acids is 1. The van der Waals surface area contributed by atoms with E-state index < -0.39 is 15.9 Å². The normalized spacial score (nSPS) is 11.1. The second-order valence-electron chi connectivity index (χ2n) is 5.62. The van der Waals surface area contributed by atoms with Crippen molar-refractivity contribution in [1.29, 1.82) is 0 Å². The summed E-state index contributed by atoms with van der Waals surface area (Å²) in [5, 5.41) is 3.00. The lowest BCUT2D eigenvalue weighted by Gasteiger charge is -2.14. The highest BCUT2D eigenvalue weighted by Crippen LogP contribution is 2.36. The van der Waals surface area contributed by atoms with Crippen LogP contribution in [0.3, 0.4) is 0 Å². The van der Waals surface area contributed by atoms with E-state index in [-0.39, 0.29) is 17.0 Å². The van der Waals surface area contributed by atoms with Crippen molar-refractivity contribution in [2.75, 3.05) is 26.1 Å². The van der Waals surface area contributed by atoms with Crippen LogP contribution in [0.5, 0.6) is 11.5 Å². The van der Waals surface area contributed by atoms with Gasteiger partial charge in [-0.15, -0.1) is 0 Å². The summed E-state index contributed by atoms with van der Waals surface area (Å²) < 4.78 is 37.2. The molecular formula is C18H21ClN2O5S. The van der Waals surface area contributed by atoms with Gasteiger partial charge in [0.1, 0.15) is 11.5 Å². The molecular weight excluding hydrogens is 392 g/mol. The highest BCUT2D eigenvalue weighted by molar-refractivity contribution is 7.89. The van der Waals surface area contributed by atoms with Crippen LogP contribution in [0.15, 0.2) is 35.2 Å². The van der Waals surface area contributed by atoms with Crippen molar-refractivity contribution >= 4 is 33.2 Å². The van der Waals surface area contributed by atoms with Crippen molar-refractivity contribution < 1.29 is 22.7 Å². The van der Waals surface area contributed by atoms with Crippen LogP contribution in [-0.2, 0) is 10.0 Å². The van der Waals surface area contributed by atoms with Gasteiger partial charge in [-0.3, -0.25) is 4.79 Å². The molecule has 0 bridgehead atoms. The predicted octanol–water partition coefficient (Wildman–Crippen LogP) is 3.22. The molecule has 0 atom stereocenters. The summed E-state index contributed by atoms with van der Waals surface area (Å²) in [6.07, 6.45) is 0. The van der Waals surface area contributed by atoms with E-state index in [1.54, 1.807) is 26.0 Å². The molecule has 27 heavy (non-hydrogen) atoms. The summed E-state index contributed by atoms with van der Waals surface area (Å²) >= 11 is 6.12. The fraction of sp³-hybridized carbons (Fsp3) is 0.278. The van der Waals surface area contributed by atoms with Gasteiger partial charge in [-0.25, -0.2) is 13.1 Å². The number of carbonyl (C=O) groups is 1. The van der Waals surface area contributed by atoms with Crippen LogP contribution in [0, 0.1) is 6.92 Å². The molecule has 0 heterocycles. The number of amides is 1. The number of anilines is 1. The largest absolute Gasteiger partial charge is 0.495 e. The molecule has 0 aromatic heterocycles. The molecule has 2 aromatic carbocycles. The third-order valence-corrected chi connectivity index (χ3v) is 5.66. The van der Waals surface area contributed by atoms with Gasteiger partial charge < -0.3 is 14.8 Å². The van der Waals surface area contributed by atoms with Crippen molar-refractivity contribution in [3.63, 3.8) is 0 Å². The van der Waals surface area contributed by atoms with Gasteiger partial charge in [0.2, 0.25) is 10.0 Å². The fourth-order valence-electron chi connectivity index (χ4n) is 2.43. The molecule has 0 fully saturated rings. The van der Waals surface area contributed by atoms with Crippen molar-refractivity contribution in [2.24, 2.45) is 0 Å². The molecule has 0 aliphatic rings. The van der Waals surface area contributed by atoms with Crippen molar-refractivity contribution in [2.45, 2.75) is 18.7 Å². The van der Waals surface area contributed by atoms with Crippen LogP contribution in [0.4, 0.5) is 5.69 Å². The Bertz CT molecular complexity index is 960. The third-order valence-electron chi connectivity index (χ3n) is 3.82. The Kier molecular flexibility index (Phi) is 6.69. The van der Waals surface area contributed by atoms with Crippen molar-refractivity contribution in [3.8, 4) is 11.5 Å². The number of nitrogens with one attached hydrogen (secondary N) is 2. The summed E-state index contributed by atoms with van der Waals surface area (Å²) in [4.78, 5) is 12.8. The first-order chi connectivity index (χ1) is 12.7. The lowest BCUT2D eigenvalue weighted by molar-refractivity contribution is 0.102. The number of halogens is 1. The Morgan fingerprint density at radius 1 is 1.11 bits per heavy atom. The smallest absolute Gasteiger partial charge is 0.256 e. The summed E-state index contributed by atoms with van der Waals surface area (Å²) in [6, 6.07) is 7.43. The molecule has 9 heteroatoms. The molecule has 2 N–H and O–H groups in total. The van der Waals surface area contributed by atoms with Gasteiger partial charge >= 0.3 is 0 Å². The number of hydrogen-bond donors (Lipinski definition) is 2. The number of sulfonamides is 1. The zero-order valence-corrected chi connectivity index (χ0v) is 17.0. The van der Waals surface area contributed by atoms with Gasteiger partial charge in [0.15, 0.2) is 0 Å². The minimum Gasteiger partial charge on any atom is -0.495 e.